The third-order valence-electron chi connectivity index (χ3n) is 2.59. The molecule has 0 radical (unpaired) electrons. The van der Waals surface area contributed by atoms with Gasteiger partial charge in [0.25, 0.3) is 0 Å². The first-order valence-electron chi connectivity index (χ1n) is 5.67. The van der Waals surface area contributed by atoms with Crippen LogP contribution in [0.2, 0.25) is 0 Å². The average molecular weight is 220 g/mol. The molecule has 1 rings (SSSR count). The average Bonchev–Trinajstić information content (AvgIpc) is 2.35. The van der Waals surface area contributed by atoms with Gasteiger partial charge in [0.15, 0.2) is 0 Å². The van der Waals surface area contributed by atoms with Gasteiger partial charge < -0.3 is 9.84 Å². The summed E-state index contributed by atoms with van der Waals surface area (Å²) >= 11 is 0. The van der Waals surface area contributed by atoms with Gasteiger partial charge >= 0.3 is 0 Å². The van der Waals surface area contributed by atoms with Gasteiger partial charge in [-0.25, -0.2) is 0 Å². The van der Waals surface area contributed by atoms with Crippen LogP contribution in [0.15, 0.2) is 24.3 Å². The van der Waals surface area contributed by atoms with Crippen LogP contribution >= 0.6 is 0 Å². The Labute approximate surface area is 97.6 Å². The molecule has 0 saturated carbocycles. The minimum Gasteiger partial charge on any atom is -0.496 e. The molecule has 0 bridgehead atoms. The predicted octanol–water partition coefficient (Wildman–Crippen LogP) is 2.90. The molecule has 0 heterocycles. The second-order valence-electron chi connectivity index (χ2n) is 3.95. The standard InChI is InChI=1S/C14H20O2/c1-4-12-6-8-14(16-3)13(9-12)7-5-11(2)10-15/h5-9,11,15H,4,10H2,1-3H3/b7-5+. The van der Waals surface area contributed by atoms with Crippen LogP contribution in [0.4, 0.5) is 0 Å². The van der Waals surface area contributed by atoms with Crippen LogP contribution in [-0.2, 0) is 6.42 Å². The molecule has 0 spiro atoms. The molecule has 1 aromatic carbocycles. The monoisotopic (exact) mass is 220 g/mol. The first-order chi connectivity index (χ1) is 7.71. The molecule has 1 unspecified atom stereocenters. The summed E-state index contributed by atoms with van der Waals surface area (Å²) in [7, 11) is 1.67. The van der Waals surface area contributed by atoms with E-state index < -0.39 is 0 Å². The zero-order valence-corrected chi connectivity index (χ0v) is 10.2. The van der Waals surface area contributed by atoms with Gasteiger partial charge in [0.2, 0.25) is 0 Å². The molecular weight excluding hydrogens is 200 g/mol. The van der Waals surface area contributed by atoms with Crippen LogP contribution < -0.4 is 4.74 Å². The molecule has 0 aliphatic heterocycles. The normalized spacial score (nSPS) is 13.0. The van der Waals surface area contributed by atoms with Crippen molar-refractivity contribution in [3.63, 3.8) is 0 Å². The summed E-state index contributed by atoms with van der Waals surface area (Å²) in [5.74, 6) is 1.05. The largest absolute Gasteiger partial charge is 0.496 e. The van der Waals surface area contributed by atoms with Gasteiger partial charge in [-0.15, -0.1) is 0 Å². The Morgan fingerprint density at radius 1 is 1.44 bits per heavy atom. The number of aliphatic hydroxyl groups is 1. The van der Waals surface area contributed by atoms with E-state index in [1.54, 1.807) is 7.11 Å². The Morgan fingerprint density at radius 2 is 2.19 bits per heavy atom. The number of methoxy groups -OCH3 is 1. The fourth-order valence-electron chi connectivity index (χ4n) is 1.46. The fourth-order valence-corrected chi connectivity index (χ4v) is 1.46. The van der Waals surface area contributed by atoms with Gasteiger partial charge in [0.1, 0.15) is 5.75 Å². The highest BCUT2D eigenvalue weighted by atomic mass is 16.5. The Morgan fingerprint density at radius 3 is 2.75 bits per heavy atom. The lowest BCUT2D eigenvalue weighted by molar-refractivity contribution is 0.262. The van der Waals surface area contributed by atoms with Crippen molar-refractivity contribution in [1.82, 2.24) is 0 Å². The molecule has 0 fully saturated rings. The van der Waals surface area contributed by atoms with Crippen molar-refractivity contribution in [1.29, 1.82) is 0 Å². The van der Waals surface area contributed by atoms with Crippen molar-refractivity contribution < 1.29 is 9.84 Å². The number of benzene rings is 1. The molecule has 2 heteroatoms. The van der Waals surface area contributed by atoms with Crippen LogP contribution in [0.1, 0.15) is 25.0 Å². The van der Waals surface area contributed by atoms with Crippen molar-refractivity contribution >= 4 is 6.08 Å². The molecule has 0 amide bonds. The smallest absolute Gasteiger partial charge is 0.126 e. The number of ether oxygens (including phenoxy) is 1. The summed E-state index contributed by atoms with van der Waals surface area (Å²) in [6, 6.07) is 6.19. The van der Waals surface area contributed by atoms with Crippen molar-refractivity contribution in [2.24, 2.45) is 5.92 Å². The Hall–Kier alpha value is -1.28. The van der Waals surface area contributed by atoms with Gasteiger partial charge in [-0.2, -0.15) is 0 Å². The van der Waals surface area contributed by atoms with E-state index in [0.717, 1.165) is 17.7 Å². The van der Waals surface area contributed by atoms with Crippen LogP contribution in [0, 0.1) is 5.92 Å². The van der Waals surface area contributed by atoms with Crippen LogP contribution in [-0.4, -0.2) is 18.8 Å². The highest BCUT2D eigenvalue weighted by Gasteiger charge is 2.01. The van der Waals surface area contributed by atoms with Crippen LogP contribution in [0.5, 0.6) is 5.75 Å². The zero-order chi connectivity index (χ0) is 12.0. The number of hydrogen-bond acceptors (Lipinski definition) is 2. The van der Waals surface area contributed by atoms with E-state index >= 15 is 0 Å². The second-order valence-corrected chi connectivity index (χ2v) is 3.95. The first-order valence-corrected chi connectivity index (χ1v) is 5.67. The zero-order valence-electron chi connectivity index (χ0n) is 10.2. The Balaban J connectivity index is 2.95. The molecule has 0 aromatic heterocycles. The molecule has 16 heavy (non-hydrogen) atoms. The lowest BCUT2D eigenvalue weighted by Crippen LogP contribution is -1.95. The summed E-state index contributed by atoms with van der Waals surface area (Å²) in [5, 5.41) is 8.96. The van der Waals surface area contributed by atoms with E-state index in [2.05, 4.69) is 19.1 Å². The number of hydrogen-bond donors (Lipinski definition) is 1. The van der Waals surface area contributed by atoms with Gasteiger partial charge in [0.05, 0.1) is 7.11 Å². The molecule has 88 valence electrons. The summed E-state index contributed by atoms with van der Waals surface area (Å²) < 4.78 is 5.30. The first kappa shape index (κ1) is 12.8. The van der Waals surface area contributed by atoms with E-state index in [4.69, 9.17) is 9.84 Å². The number of aryl methyl sites for hydroxylation is 1. The molecule has 1 N–H and O–H groups in total. The number of aliphatic hydroxyl groups excluding tert-OH is 1. The molecule has 1 atom stereocenters. The maximum atomic E-state index is 8.96. The third-order valence-corrected chi connectivity index (χ3v) is 2.59. The van der Waals surface area contributed by atoms with E-state index in [1.165, 1.54) is 5.56 Å². The van der Waals surface area contributed by atoms with Crippen molar-refractivity contribution in [2.45, 2.75) is 20.3 Å². The van der Waals surface area contributed by atoms with Gasteiger partial charge in [-0.05, 0) is 30.0 Å². The third kappa shape index (κ3) is 3.38. The maximum absolute atomic E-state index is 8.96. The summed E-state index contributed by atoms with van der Waals surface area (Å²) in [6.45, 7) is 4.28. The second kappa shape index (κ2) is 6.33. The highest BCUT2D eigenvalue weighted by molar-refractivity contribution is 5.58. The molecule has 2 nitrogen and oxygen atoms in total. The number of rotatable bonds is 5. The quantitative estimate of drug-likeness (QED) is 0.826. The SMILES string of the molecule is CCc1ccc(OC)c(/C=C/C(C)CO)c1. The maximum Gasteiger partial charge on any atom is 0.126 e. The summed E-state index contributed by atoms with van der Waals surface area (Å²) in [6.07, 6.45) is 5.02. The van der Waals surface area contributed by atoms with Crippen molar-refractivity contribution in [3.05, 3.63) is 35.4 Å². The lowest BCUT2D eigenvalue weighted by atomic mass is 10.1. The van der Waals surface area contributed by atoms with E-state index in [0.29, 0.717) is 0 Å². The lowest BCUT2D eigenvalue weighted by Gasteiger charge is -2.07. The molecule has 0 aliphatic rings. The predicted molar refractivity (Wildman–Crippen MR) is 67.7 cm³/mol. The summed E-state index contributed by atoms with van der Waals surface area (Å²) in [5.41, 5.74) is 2.36. The highest BCUT2D eigenvalue weighted by Crippen LogP contribution is 2.22. The molecule has 1 aromatic rings. The fraction of sp³-hybridized carbons (Fsp3) is 0.429. The Bertz CT molecular complexity index is 356. The van der Waals surface area contributed by atoms with Crippen LogP contribution in [0.3, 0.4) is 0 Å². The van der Waals surface area contributed by atoms with Crippen molar-refractivity contribution in [3.8, 4) is 5.75 Å². The van der Waals surface area contributed by atoms with E-state index in [9.17, 15) is 0 Å². The van der Waals surface area contributed by atoms with Gasteiger partial charge in [-0.1, -0.05) is 32.1 Å². The minimum atomic E-state index is 0.173. The van der Waals surface area contributed by atoms with Gasteiger partial charge in [0, 0.05) is 12.2 Å². The summed E-state index contributed by atoms with van der Waals surface area (Å²) in [4.78, 5) is 0. The topological polar surface area (TPSA) is 29.5 Å². The Kier molecular flexibility index (Phi) is 5.06. The van der Waals surface area contributed by atoms with Gasteiger partial charge in [-0.3, -0.25) is 0 Å². The van der Waals surface area contributed by atoms with Crippen molar-refractivity contribution in [2.75, 3.05) is 13.7 Å². The van der Waals surface area contributed by atoms with E-state index in [1.807, 2.05) is 25.1 Å². The van der Waals surface area contributed by atoms with Crippen LogP contribution in [0.25, 0.3) is 6.08 Å². The van der Waals surface area contributed by atoms with E-state index in [-0.39, 0.29) is 12.5 Å². The molecular formula is C14H20O2. The minimum absolute atomic E-state index is 0.173. The molecule has 0 aliphatic carbocycles. The molecule has 0 saturated heterocycles.